The summed E-state index contributed by atoms with van der Waals surface area (Å²) in [6, 6.07) is 16.3. The summed E-state index contributed by atoms with van der Waals surface area (Å²) in [4.78, 5) is 21.1. The fourth-order valence-corrected chi connectivity index (χ4v) is 3.79. The van der Waals surface area contributed by atoms with Gasteiger partial charge in [0.15, 0.2) is 5.82 Å². The van der Waals surface area contributed by atoms with Crippen LogP contribution in [0, 0.1) is 0 Å². The van der Waals surface area contributed by atoms with E-state index in [9.17, 15) is 4.79 Å². The first-order chi connectivity index (χ1) is 14.5. The number of carbonyl (C=O) groups excluding carboxylic acids is 1. The number of amides is 1. The largest absolute Gasteiger partial charge is 0.378 e. The minimum absolute atomic E-state index is 0.0631. The van der Waals surface area contributed by atoms with Crippen LogP contribution >= 0.6 is 0 Å². The summed E-state index contributed by atoms with van der Waals surface area (Å²) in [6.45, 7) is 2.77. The lowest BCUT2D eigenvalue weighted by Crippen LogP contribution is -2.24. The van der Waals surface area contributed by atoms with Gasteiger partial charge in [-0.3, -0.25) is 4.79 Å². The Morgan fingerprint density at radius 3 is 2.70 bits per heavy atom. The van der Waals surface area contributed by atoms with Crippen LogP contribution in [0.5, 0.6) is 0 Å². The van der Waals surface area contributed by atoms with Crippen molar-refractivity contribution in [1.82, 2.24) is 10.1 Å². The predicted octanol–water partition coefficient (Wildman–Crippen LogP) is 4.67. The van der Waals surface area contributed by atoms with Crippen LogP contribution in [-0.2, 0) is 11.2 Å². The second-order valence-corrected chi connectivity index (χ2v) is 8.08. The normalized spacial score (nSPS) is 16.3. The smallest absolute Gasteiger partial charge is 0.258 e. The van der Waals surface area contributed by atoms with Gasteiger partial charge < -0.3 is 14.3 Å². The topological polar surface area (TPSA) is 62.5 Å². The molecule has 2 aromatic carbocycles. The van der Waals surface area contributed by atoms with E-state index in [0.29, 0.717) is 24.7 Å². The minimum Gasteiger partial charge on any atom is -0.378 e. The lowest BCUT2D eigenvalue weighted by molar-refractivity contribution is -0.117. The molecule has 0 radical (unpaired) electrons. The Kier molecular flexibility index (Phi) is 5.84. The van der Waals surface area contributed by atoms with Crippen LogP contribution < -0.4 is 9.80 Å². The van der Waals surface area contributed by atoms with Gasteiger partial charge in [-0.2, -0.15) is 4.98 Å². The quantitative estimate of drug-likeness (QED) is 0.573. The van der Waals surface area contributed by atoms with E-state index in [0.717, 1.165) is 23.4 Å². The highest BCUT2D eigenvalue weighted by Crippen LogP contribution is 2.32. The fourth-order valence-electron chi connectivity index (χ4n) is 3.79. The Bertz CT molecular complexity index is 1010. The molecular formula is C24H28N4O2. The summed E-state index contributed by atoms with van der Waals surface area (Å²) in [5.74, 6) is 1.12. The molecule has 1 atom stereocenters. The van der Waals surface area contributed by atoms with Gasteiger partial charge in [0, 0.05) is 49.9 Å². The molecule has 4 rings (SSSR count). The van der Waals surface area contributed by atoms with Crippen LogP contribution in [-0.4, -0.2) is 36.7 Å². The molecule has 30 heavy (non-hydrogen) atoms. The van der Waals surface area contributed by atoms with Crippen molar-refractivity contribution in [2.75, 3.05) is 30.4 Å². The summed E-state index contributed by atoms with van der Waals surface area (Å²) in [5, 5.41) is 4.18. The number of rotatable bonds is 7. The van der Waals surface area contributed by atoms with E-state index in [2.05, 4.69) is 29.2 Å². The predicted molar refractivity (Wildman–Crippen MR) is 119 cm³/mol. The molecule has 6 heteroatoms. The summed E-state index contributed by atoms with van der Waals surface area (Å²) in [6.07, 6.45) is 3.84. The van der Waals surface area contributed by atoms with Gasteiger partial charge in [-0.15, -0.1) is 0 Å². The van der Waals surface area contributed by atoms with Crippen molar-refractivity contribution in [3.05, 3.63) is 59.9 Å². The summed E-state index contributed by atoms with van der Waals surface area (Å²) in [7, 11) is 3.99. The van der Waals surface area contributed by atoms with Gasteiger partial charge in [0.2, 0.25) is 5.91 Å². The third kappa shape index (κ3) is 4.22. The van der Waals surface area contributed by atoms with Crippen LogP contribution in [0.25, 0.3) is 11.5 Å². The number of hydrogen-bond acceptors (Lipinski definition) is 5. The second kappa shape index (κ2) is 8.69. The van der Waals surface area contributed by atoms with Gasteiger partial charge in [0.05, 0.1) is 0 Å². The Morgan fingerprint density at radius 2 is 1.97 bits per heavy atom. The number of carbonyl (C=O) groups is 1. The number of aromatic nitrogens is 2. The zero-order valence-electron chi connectivity index (χ0n) is 17.8. The van der Waals surface area contributed by atoms with E-state index in [4.69, 9.17) is 4.52 Å². The highest BCUT2D eigenvalue weighted by molar-refractivity contribution is 5.96. The third-order valence-electron chi connectivity index (χ3n) is 5.61. The fraction of sp³-hybridized carbons (Fsp3) is 0.375. The Hall–Kier alpha value is -3.15. The van der Waals surface area contributed by atoms with Crippen molar-refractivity contribution < 1.29 is 9.32 Å². The zero-order chi connectivity index (χ0) is 21.1. The summed E-state index contributed by atoms with van der Waals surface area (Å²) in [5.41, 5.74) is 4.19. The van der Waals surface area contributed by atoms with Crippen molar-refractivity contribution in [2.24, 2.45) is 0 Å². The second-order valence-electron chi connectivity index (χ2n) is 8.08. The lowest BCUT2D eigenvalue weighted by Gasteiger charge is -2.16. The van der Waals surface area contributed by atoms with E-state index >= 15 is 0 Å². The first-order valence-electron chi connectivity index (χ1n) is 10.6. The number of nitrogens with zero attached hydrogens (tertiary/aromatic N) is 4. The number of aryl methyl sites for hydroxylation is 1. The number of benzene rings is 2. The molecule has 1 unspecified atom stereocenters. The highest BCUT2D eigenvalue weighted by atomic mass is 16.5. The Balaban J connectivity index is 1.48. The SMILES string of the molecule is CCCCc1ccc(N2CC(c3noc(-c4cccc(N(C)C)c4)n3)CC2=O)cc1. The minimum atomic E-state index is -0.0631. The van der Waals surface area contributed by atoms with Crippen molar-refractivity contribution in [1.29, 1.82) is 0 Å². The maximum absolute atomic E-state index is 12.6. The number of hydrogen-bond donors (Lipinski definition) is 0. The molecule has 0 saturated carbocycles. The lowest BCUT2D eigenvalue weighted by atomic mass is 10.1. The summed E-state index contributed by atoms with van der Waals surface area (Å²) >= 11 is 0. The molecular weight excluding hydrogens is 376 g/mol. The standard InChI is InChI=1S/C24H28N4O2/c1-4-5-7-17-10-12-20(13-11-17)28-16-19(15-22(28)29)23-25-24(30-26-23)18-8-6-9-21(14-18)27(2)3/h6,8-14,19H,4-5,7,15-16H2,1-3H3. The van der Waals surface area contributed by atoms with Gasteiger partial charge in [-0.05, 0) is 48.7 Å². The van der Waals surface area contributed by atoms with E-state index in [1.54, 1.807) is 0 Å². The van der Waals surface area contributed by atoms with E-state index in [1.807, 2.05) is 60.3 Å². The number of anilines is 2. The van der Waals surface area contributed by atoms with Crippen LogP contribution in [0.15, 0.2) is 53.1 Å². The molecule has 1 aromatic heterocycles. The molecule has 156 valence electrons. The Morgan fingerprint density at radius 1 is 1.17 bits per heavy atom. The third-order valence-corrected chi connectivity index (χ3v) is 5.61. The molecule has 0 aliphatic carbocycles. The van der Waals surface area contributed by atoms with Crippen LogP contribution in [0.2, 0.25) is 0 Å². The highest BCUT2D eigenvalue weighted by Gasteiger charge is 2.34. The molecule has 6 nitrogen and oxygen atoms in total. The van der Waals surface area contributed by atoms with Crippen molar-refractivity contribution in [2.45, 2.75) is 38.5 Å². The van der Waals surface area contributed by atoms with E-state index in [1.165, 1.54) is 18.4 Å². The molecule has 2 heterocycles. The van der Waals surface area contributed by atoms with Gasteiger partial charge in [-0.25, -0.2) is 0 Å². The van der Waals surface area contributed by atoms with Crippen molar-refractivity contribution in [3.63, 3.8) is 0 Å². The molecule has 1 aliphatic rings. The Labute approximate surface area is 177 Å². The van der Waals surface area contributed by atoms with Gasteiger partial charge in [0.1, 0.15) is 0 Å². The zero-order valence-corrected chi connectivity index (χ0v) is 17.8. The van der Waals surface area contributed by atoms with E-state index < -0.39 is 0 Å². The molecule has 1 fully saturated rings. The van der Waals surface area contributed by atoms with Crippen molar-refractivity contribution >= 4 is 17.3 Å². The van der Waals surface area contributed by atoms with Crippen LogP contribution in [0.1, 0.15) is 43.5 Å². The number of unbranched alkanes of at least 4 members (excludes halogenated alkanes) is 1. The molecule has 1 saturated heterocycles. The molecule has 1 aliphatic heterocycles. The maximum atomic E-state index is 12.6. The van der Waals surface area contributed by atoms with Gasteiger partial charge in [0.25, 0.3) is 5.89 Å². The summed E-state index contributed by atoms with van der Waals surface area (Å²) < 4.78 is 5.52. The molecule has 0 spiro atoms. The molecule has 0 bridgehead atoms. The maximum Gasteiger partial charge on any atom is 0.258 e. The van der Waals surface area contributed by atoms with Crippen LogP contribution in [0.3, 0.4) is 0 Å². The van der Waals surface area contributed by atoms with Gasteiger partial charge in [-0.1, -0.05) is 36.7 Å². The average molecular weight is 405 g/mol. The average Bonchev–Trinajstić information content (AvgIpc) is 3.40. The molecule has 0 N–H and O–H groups in total. The first kappa shape index (κ1) is 20.1. The molecule has 3 aromatic rings. The monoisotopic (exact) mass is 404 g/mol. The van der Waals surface area contributed by atoms with Crippen molar-refractivity contribution in [3.8, 4) is 11.5 Å². The molecule has 1 amide bonds. The van der Waals surface area contributed by atoms with E-state index in [-0.39, 0.29) is 11.8 Å². The first-order valence-corrected chi connectivity index (χ1v) is 10.6. The van der Waals surface area contributed by atoms with Crippen LogP contribution in [0.4, 0.5) is 11.4 Å². The van der Waals surface area contributed by atoms with Gasteiger partial charge >= 0.3 is 0 Å².